The van der Waals surface area contributed by atoms with Crippen LogP contribution in [-0.2, 0) is 16.4 Å². The first-order valence-corrected chi connectivity index (χ1v) is 11.2. The smallest absolute Gasteiger partial charge is 0.264 e. The van der Waals surface area contributed by atoms with Gasteiger partial charge in [-0.15, -0.1) is 11.3 Å². The largest absolute Gasteiger partial charge is 0.335 e. The Morgan fingerprint density at radius 2 is 1.85 bits per heavy atom. The van der Waals surface area contributed by atoms with Crippen LogP contribution in [0.4, 0.5) is 4.39 Å². The summed E-state index contributed by atoms with van der Waals surface area (Å²) in [6.07, 6.45) is 1.97. The number of thiophene rings is 1. The number of amides is 1. The minimum absolute atomic E-state index is 0.0617. The summed E-state index contributed by atoms with van der Waals surface area (Å²) in [5.41, 5.74) is 1.20. The van der Waals surface area contributed by atoms with Crippen LogP contribution in [0.25, 0.3) is 0 Å². The number of aryl methyl sites for hydroxylation is 2. The molecule has 0 bridgehead atoms. The van der Waals surface area contributed by atoms with E-state index < -0.39 is 15.8 Å². The molecule has 1 amide bonds. The highest BCUT2D eigenvalue weighted by atomic mass is 32.2. The minimum atomic E-state index is -3.89. The number of piperazine rings is 1. The van der Waals surface area contributed by atoms with E-state index in [4.69, 9.17) is 0 Å². The lowest BCUT2D eigenvalue weighted by atomic mass is 10.1. The Morgan fingerprint density at radius 3 is 2.48 bits per heavy atom. The van der Waals surface area contributed by atoms with Crippen molar-refractivity contribution in [3.05, 3.63) is 51.5 Å². The molecule has 27 heavy (non-hydrogen) atoms. The molecule has 2 aromatic rings. The fourth-order valence-corrected chi connectivity index (χ4v) is 5.75. The predicted octanol–water partition coefficient (Wildman–Crippen LogP) is 3.29. The van der Waals surface area contributed by atoms with E-state index in [0.717, 1.165) is 23.8 Å². The summed E-state index contributed by atoms with van der Waals surface area (Å²) < 4.78 is 40.5. The van der Waals surface area contributed by atoms with Crippen LogP contribution in [0.3, 0.4) is 0 Å². The summed E-state index contributed by atoms with van der Waals surface area (Å²) in [6, 6.07) is 7.32. The van der Waals surface area contributed by atoms with Gasteiger partial charge in [-0.3, -0.25) is 4.79 Å². The Hall–Kier alpha value is -1.77. The van der Waals surface area contributed by atoms with Crippen LogP contribution in [-0.4, -0.2) is 49.7 Å². The maximum Gasteiger partial charge on any atom is 0.264 e. The quantitative estimate of drug-likeness (QED) is 0.760. The van der Waals surface area contributed by atoms with Gasteiger partial charge in [0.2, 0.25) is 10.0 Å². The Bertz CT molecular complexity index is 932. The fraction of sp³-hybridized carbons (Fsp3) is 0.421. The van der Waals surface area contributed by atoms with Gasteiger partial charge in [0.15, 0.2) is 0 Å². The normalized spacial score (nSPS) is 15.9. The van der Waals surface area contributed by atoms with E-state index in [0.29, 0.717) is 18.0 Å². The van der Waals surface area contributed by atoms with E-state index in [1.54, 1.807) is 4.90 Å². The van der Waals surface area contributed by atoms with Crippen LogP contribution in [0.15, 0.2) is 35.2 Å². The minimum Gasteiger partial charge on any atom is -0.335 e. The molecule has 8 heteroatoms. The van der Waals surface area contributed by atoms with Gasteiger partial charge in [-0.25, -0.2) is 12.8 Å². The second-order valence-electron chi connectivity index (χ2n) is 6.57. The maximum absolute atomic E-state index is 13.9. The summed E-state index contributed by atoms with van der Waals surface area (Å²) in [5.74, 6) is -0.818. The fourth-order valence-electron chi connectivity index (χ4n) is 3.22. The summed E-state index contributed by atoms with van der Waals surface area (Å²) in [5, 5.41) is 0. The molecule has 1 fully saturated rings. The van der Waals surface area contributed by atoms with Gasteiger partial charge in [0, 0.05) is 31.1 Å². The number of rotatable bonds is 5. The van der Waals surface area contributed by atoms with Crippen molar-refractivity contribution in [3.63, 3.8) is 0 Å². The van der Waals surface area contributed by atoms with Crippen LogP contribution in [0.5, 0.6) is 0 Å². The molecule has 0 spiro atoms. The lowest BCUT2D eigenvalue weighted by Crippen LogP contribution is -2.50. The van der Waals surface area contributed by atoms with Gasteiger partial charge in [-0.05, 0) is 37.1 Å². The third-order valence-corrected chi connectivity index (χ3v) is 7.74. The van der Waals surface area contributed by atoms with Crippen molar-refractivity contribution in [2.75, 3.05) is 26.2 Å². The molecule has 0 aliphatic carbocycles. The number of carbonyl (C=O) groups is 1. The highest BCUT2D eigenvalue weighted by Crippen LogP contribution is 2.25. The van der Waals surface area contributed by atoms with Gasteiger partial charge >= 0.3 is 0 Å². The lowest BCUT2D eigenvalue weighted by molar-refractivity contribution is 0.0702. The van der Waals surface area contributed by atoms with Crippen LogP contribution in [0.1, 0.15) is 33.5 Å². The molecule has 0 radical (unpaired) electrons. The zero-order valence-corrected chi connectivity index (χ0v) is 17.1. The average molecular weight is 411 g/mol. The standard InChI is InChI=1S/C19H23FN2O3S2/c1-3-6-15-13-17(26-14(15)2)19(23)21-9-11-22(12-10-21)27(24,25)18-8-5-4-7-16(18)20/h4-5,7-8,13H,3,6,9-12H2,1-2H3. The molecular formula is C19H23FN2O3S2. The molecule has 0 atom stereocenters. The van der Waals surface area contributed by atoms with Crippen molar-refractivity contribution >= 4 is 27.3 Å². The monoisotopic (exact) mass is 410 g/mol. The van der Waals surface area contributed by atoms with Crippen molar-refractivity contribution in [3.8, 4) is 0 Å². The molecule has 1 aliphatic rings. The third-order valence-electron chi connectivity index (χ3n) is 4.73. The SMILES string of the molecule is CCCc1cc(C(=O)N2CCN(S(=O)(=O)c3ccccc3F)CC2)sc1C. The molecule has 1 aromatic carbocycles. The van der Waals surface area contributed by atoms with Crippen LogP contribution in [0.2, 0.25) is 0 Å². The van der Waals surface area contributed by atoms with E-state index in [1.807, 2.05) is 13.0 Å². The van der Waals surface area contributed by atoms with Gasteiger partial charge in [0.05, 0.1) is 4.88 Å². The Labute approximate surface area is 163 Å². The summed E-state index contributed by atoms with van der Waals surface area (Å²) in [7, 11) is -3.89. The Balaban J connectivity index is 1.69. The highest BCUT2D eigenvalue weighted by molar-refractivity contribution is 7.89. The van der Waals surface area contributed by atoms with E-state index in [1.165, 1.54) is 39.4 Å². The summed E-state index contributed by atoms with van der Waals surface area (Å²) >= 11 is 1.49. The number of halogens is 1. The van der Waals surface area contributed by atoms with E-state index >= 15 is 0 Å². The second kappa shape index (κ2) is 8.08. The number of hydrogen-bond acceptors (Lipinski definition) is 4. The first-order valence-electron chi connectivity index (χ1n) is 8.98. The molecular weight excluding hydrogens is 387 g/mol. The molecule has 1 saturated heterocycles. The van der Waals surface area contributed by atoms with E-state index in [-0.39, 0.29) is 23.9 Å². The number of benzene rings is 1. The van der Waals surface area contributed by atoms with Crippen LogP contribution >= 0.6 is 11.3 Å². The zero-order chi connectivity index (χ0) is 19.6. The molecule has 146 valence electrons. The highest BCUT2D eigenvalue weighted by Gasteiger charge is 2.32. The first-order chi connectivity index (χ1) is 12.8. The van der Waals surface area contributed by atoms with Gasteiger partial charge < -0.3 is 4.90 Å². The third kappa shape index (κ3) is 4.07. The molecule has 0 saturated carbocycles. The van der Waals surface area contributed by atoms with Crippen LogP contribution in [0, 0.1) is 12.7 Å². The Kier molecular flexibility index (Phi) is 5.98. The van der Waals surface area contributed by atoms with Crippen molar-refractivity contribution in [1.29, 1.82) is 0 Å². The summed E-state index contributed by atoms with van der Waals surface area (Å²) in [4.78, 5) is 16.0. The summed E-state index contributed by atoms with van der Waals surface area (Å²) in [6.45, 7) is 5.04. The second-order valence-corrected chi connectivity index (χ2v) is 9.73. The van der Waals surface area contributed by atoms with Crippen molar-refractivity contribution in [1.82, 2.24) is 9.21 Å². The molecule has 1 aromatic heterocycles. The van der Waals surface area contributed by atoms with Crippen molar-refractivity contribution in [2.24, 2.45) is 0 Å². The van der Waals surface area contributed by atoms with Crippen molar-refractivity contribution < 1.29 is 17.6 Å². The van der Waals surface area contributed by atoms with E-state index in [9.17, 15) is 17.6 Å². The predicted molar refractivity (Wildman–Crippen MR) is 104 cm³/mol. The topological polar surface area (TPSA) is 57.7 Å². The average Bonchev–Trinajstić information content (AvgIpc) is 3.02. The molecule has 3 rings (SSSR count). The molecule has 5 nitrogen and oxygen atoms in total. The van der Waals surface area contributed by atoms with Gasteiger partial charge in [-0.2, -0.15) is 4.31 Å². The number of hydrogen-bond donors (Lipinski definition) is 0. The number of nitrogens with zero attached hydrogens (tertiary/aromatic N) is 2. The van der Waals surface area contributed by atoms with Gasteiger partial charge in [0.1, 0.15) is 10.7 Å². The number of sulfonamides is 1. The lowest BCUT2D eigenvalue weighted by Gasteiger charge is -2.33. The Morgan fingerprint density at radius 1 is 1.19 bits per heavy atom. The van der Waals surface area contributed by atoms with Crippen molar-refractivity contribution in [2.45, 2.75) is 31.6 Å². The molecule has 0 N–H and O–H groups in total. The van der Waals surface area contributed by atoms with E-state index in [2.05, 4.69) is 6.92 Å². The molecule has 2 heterocycles. The maximum atomic E-state index is 13.9. The van der Waals surface area contributed by atoms with Gasteiger partial charge in [0.25, 0.3) is 5.91 Å². The first kappa shape index (κ1) is 20.0. The van der Waals surface area contributed by atoms with Gasteiger partial charge in [-0.1, -0.05) is 25.5 Å². The molecule has 0 unspecified atom stereocenters. The molecule has 1 aliphatic heterocycles. The number of carbonyl (C=O) groups excluding carboxylic acids is 1. The zero-order valence-electron chi connectivity index (χ0n) is 15.4. The van der Waals surface area contributed by atoms with Crippen LogP contribution < -0.4 is 0 Å².